The number of aromatic nitrogens is 1. The van der Waals surface area contributed by atoms with Gasteiger partial charge in [0.2, 0.25) is 0 Å². The van der Waals surface area contributed by atoms with Gasteiger partial charge < -0.3 is 5.73 Å². The number of anilines is 1. The summed E-state index contributed by atoms with van der Waals surface area (Å²) in [6, 6.07) is 8.40. The highest BCUT2D eigenvalue weighted by molar-refractivity contribution is 9.10. The third kappa shape index (κ3) is 2.20. The van der Waals surface area contributed by atoms with Gasteiger partial charge in [-0.2, -0.15) is 5.26 Å². The molecule has 0 atom stereocenters. The quantitative estimate of drug-likeness (QED) is 0.878. The van der Waals surface area contributed by atoms with Crippen LogP contribution in [0.4, 0.5) is 10.2 Å². The van der Waals surface area contributed by atoms with Gasteiger partial charge in [0.15, 0.2) is 0 Å². The molecule has 0 saturated carbocycles. The van der Waals surface area contributed by atoms with Gasteiger partial charge in [-0.25, -0.2) is 9.37 Å². The zero-order valence-electron chi connectivity index (χ0n) is 9.54. The Bertz CT molecular complexity index is 662. The number of nitrogens with zero attached hydrogens (tertiary/aromatic N) is 2. The lowest BCUT2D eigenvalue weighted by molar-refractivity contribution is 0.621. The van der Waals surface area contributed by atoms with Crippen LogP contribution >= 0.6 is 15.9 Å². The molecular weight excluding hydrogens is 297 g/mol. The Morgan fingerprint density at radius 1 is 1.39 bits per heavy atom. The fraction of sp³-hybridized carbons (Fsp3) is 0.0769. The van der Waals surface area contributed by atoms with Crippen LogP contribution in [-0.2, 0) is 0 Å². The molecule has 0 amide bonds. The number of rotatable bonds is 1. The number of hydrogen-bond donors (Lipinski definition) is 1. The van der Waals surface area contributed by atoms with E-state index >= 15 is 0 Å². The summed E-state index contributed by atoms with van der Waals surface area (Å²) in [6.45, 7) is 1.77. The second-order valence-corrected chi connectivity index (χ2v) is 4.67. The molecule has 1 aromatic heterocycles. The van der Waals surface area contributed by atoms with Crippen LogP contribution in [0.15, 0.2) is 28.7 Å². The molecule has 2 rings (SSSR count). The Morgan fingerprint density at radius 2 is 2.11 bits per heavy atom. The molecule has 0 spiro atoms. The lowest BCUT2D eigenvalue weighted by atomic mass is 10.0. The molecule has 0 unspecified atom stereocenters. The van der Waals surface area contributed by atoms with Crippen molar-refractivity contribution >= 4 is 21.7 Å². The van der Waals surface area contributed by atoms with Gasteiger partial charge in [-0.1, -0.05) is 6.07 Å². The van der Waals surface area contributed by atoms with Gasteiger partial charge in [-0.3, -0.25) is 0 Å². The summed E-state index contributed by atoms with van der Waals surface area (Å²) in [5.41, 5.74) is 7.85. The number of halogens is 2. The minimum atomic E-state index is -0.385. The van der Waals surface area contributed by atoms with Crippen molar-refractivity contribution in [2.45, 2.75) is 6.92 Å². The smallest absolute Gasteiger partial charge is 0.142 e. The van der Waals surface area contributed by atoms with Crippen molar-refractivity contribution in [2.75, 3.05) is 5.73 Å². The van der Waals surface area contributed by atoms with Gasteiger partial charge >= 0.3 is 0 Å². The predicted octanol–water partition coefficient (Wildman–Crippen LogP) is 3.41. The number of nitriles is 1. The van der Waals surface area contributed by atoms with Gasteiger partial charge in [0.05, 0.1) is 4.47 Å². The van der Waals surface area contributed by atoms with E-state index in [-0.39, 0.29) is 17.2 Å². The topological polar surface area (TPSA) is 62.7 Å². The van der Waals surface area contributed by atoms with Gasteiger partial charge in [-0.05, 0) is 46.6 Å². The van der Waals surface area contributed by atoms with Crippen LogP contribution < -0.4 is 5.73 Å². The van der Waals surface area contributed by atoms with Crippen LogP contribution in [0.2, 0.25) is 0 Å². The molecule has 0 fully saturated rings. The van der Waals surface area contributed by atoms with Gasteiger partial charge in [0.25, 0.3) is 0 Å². The summed E-state index contributed by atoms with van der Waals surface area (Å²) in [5, 5.41) is 9.10. The van der Waals surface area contributed by atoms with E-state index in [0.29, 0.717) is 21.3 Å². The van der Waals surface area contributed by atoms with Crippen molar-refractivity contribution in [1.29, 1.82) is 5.26 Å². The van der Waals surface area contributed by atoms with E-state index in [1.54, 1.807) is 25.1 Å². The maximum absolute atomic E-state index is 13.5. The highest BCUT2D eigenvalue weighted by Gasteiger charge is 2.12. The van der Waals surface area contributed by atoms with Crippen molar-refractivity contribution < 1.29 is 4.39 Å². The first-order valence-corrected chi connectivity index (χ1v) is 5.95. The Labute approximate surface area is 112 Å². The van der Waals surface area contributed by atoms with Crippen LogP contribution in [0.5, 0.6) is 0 Å². The molecular formula is C13H9BrFN3. The van der Waals surface area contributed by atoms with Crippen LogP contribution in [-0.4, -0.2) is 4.98 Å². The molecule has 90 valence electrons. The van der Waals surface area contributed by atoms with Crippen LogP contribution in [0.25, 0.3) is 11.1 Å². The largest absolute Gasteiger partial charge is 0.383 e. The first-order valence-electron chi connectivity index (χ1n) is 5.15. The fourth-order valence-electron chi connectivity index (χ4n) is 1.71. The number of pyridine rings is 1. The van der Waals surface area contributed by atoms with Crippen molar-refractivity contribution in [2.24, 2.45) is 0 Å². The molecule has 2 N–H and O–H groups in total. The fourth-order valence-corrected chi connectivity index (χ4v) is 1.95. The normalized spacial score (nSPS) is 10.1. The number of nitrogen functional groups attached to an aromatic ring is 1. The standard InChI is InChI=1S/C13H9BrFN3/c1-7-4-9(10(6-16)13(17)18-7)8-2-3-11(14)12(15)5-8/h2-5H,1H3,(H2,17,18). The Hall–Kier alpha value is -1.93. The molecule has 0 aliphatic heterocycles. The lowest BCUT2D eigenvalue weighted by Crippen LogP contribution is -1.99. The maximum Gasteiger partial charge on any atom is 0.142 e. The lowest BCUT2D eigenvalue weighted by Gasteiger charge is -2.08. The average Bonchev–Trinajstić information content (AvgIpc) is 2.32. The van der Waals surface area contributed by atoms with E-state index in [0.717, 1.165) is 0 Å². The average molecular weight is 306 g/mol. The van der Waals surface area contributed by atoms with Gasteiger partial charge in [0.1, 0.15) is 23.3 Å². The second-order valence-electron chi connectivity index (χ2n) is 3.81. The SMILES string of the molecule is Cc1cc(-c2ccc(Br)c(F)c2)c(C#N)c(N)n1. The van der Waals surface area contributed by atoms with Crippen LogP contribution in [0.1, 0.15) is 11.3 Å². The monoisotopic (exact) mass is 305 g/mol. The van der Waals surface area contributed by atoms with Crippen molar-refractivity contribution in [3.8, 4) is 17.2 Å². The summed E-state index contributed by atoms with van der Waals surface area (Å²) in [4.78, 5) is 4.02. The molecule has 3 nitrogen and oxygen atoms in total. The van der Waals surface area contributed by atoms with Crippen LogP contribution in [0.3, 0.4) is 0 Å². The minimum Gasteiger partial charge on any atom is -0.383 e. The molecule has 0 bridgehead atoms. The summed E-state index contributed by atoms with van der Waals surface area (Å²) >= 11 is 3.09. The third-order valence-electron chi connectivity index (χ3n) is 2.52. The number of aryl methyl sites for hydroxylation is 1. The Kier molecular flexibility index (Phi) is 3.30. The van der Waals surface area contributed by atoms with Crippen molar-refractivity contribution in [1.82, 2.24) is 4.98 Å². The van der Waals surface area contributed by atoms with Gasteiger partial charge in [0, 0.05) is 11.3 Å². The summed E-state index contributed by atoms with van der Waals surface area (Å²) in [7, 11) is 0. The molecule has 0 radical (unpaired) electrons. The van der Waals surface area contributed by atoms with E-state index in [9.17, 15) is 4.39 Å². The summed E-state index contributed by atoms with van der Waals surface area (Å²) in [6.07, 6.45) is 0. The zero-order chi connectivity index (χ0) is 13.3. The van der Waals surface area contributed by atoms with E-state index in [4.69, 9.17) is 11.0 Å². The number of benzene rings is 1. The van der Waals surface area contributed by atoms with E-state index < -0.39 is 0 Å². The first-order chi connectivity index (χ1) is 8.52. The molecule has 0 saturated heterocycles. The zero-order valence-corrected chi connectivity index (χ0v) is 11.1. The minimum absolute atomic E-state index is 0.163. The van der Waals surface area contributed by atoms with E-state index in [1.165, 1.54) is 6.07 Å². The first kappa shape index (κ1) is 12.5. The highest BCUT2D eigenvalue weighted by Crippen LogP contribution is 2.29. The molecule has 5 heteroatoms. The summed E-state index contributed by atoms with van der Waals surface area (Å²) < 4.78 is 13.9. The van der Waals surface area contributed by atoms with Gasteiger partial charge in [-0.15, -0.1) is 0 Å². The molecule has 0 aliphatic rings. The molecule has 1 heterocycles. The van der Waals surface area contributed by atoms with Crippen molar-refractivity contribution in [3.63, 3.8) is 0 Å². The predicted molar refractivity (Wildman–Crippen MR) is 71.2 cm³/mol. The molecule has 0 aliphatic carbocycles. The Balaban J connectivity index is 2.70. The molecule has 1 aromatic carbocycles. The maximum atomic E-state index is 13.5. The number of nitrogens with two attached hydrogens (primary N) is 1. The molecule has 18 heavy (non-hydrogen) atoms. The highest BCUT2D eigenvalue weighted by atomic mass is 79.9. The summed E-state index contributed by atoms with van der Waals surface area (Å²) in [5.74, 6) is -0.222. The third-order valence-corrected chi connectivity index (χ3v) is 3.16. The van der Waals surface area contributed by atoms with Crippen molar-refractivity contribution in [3.05, 3.63) is 45.8 Å². The number of hydrogen-bond acceptors (Lipinski definition) is 3. The van der Waals surface area contributed by atoms with E-state index in [2.05, 4.69) is 20.9 Å². The second kappa shape index (κ2) is 4.75. The van der Waals surface area contributed by atoms with E-state index in [1.807, 2.05) is 6.07 Å². The van der Waals surface area contributed by atoms with Crippen LogP contribution in [0, 0.1) is 24.1 Å². The molecule has 2 aromatic rings. The Morgan fingerprint density at radius 3 is 2.72 bits per heavy atom.